The molecule has 0 aromatic carbocycles. The molecule has 0 aromatic rings. The highest BCUT2D eigenvalue weighted by atomic mass is 32.2. The predicted octanol–water partition coefficient (Wildman–Crippen LogP) is 0.993. The van der Waals surface area contributed by atoms with E-state index in [0.717, 1.165) is 0 Å². The van der Waals surface area contributed by atoms with Crippen LogP contribution in [0.25, 0.3) is 0 Å². The Bertz CT molecular complexity index is 59.8. The lowest BCUT2D eigenvalue weighted by Crippen LogP contribution is -1.52. The second kappa shape index (κ2) is 4.69. The number of hydrogen-bond acceptors (Lipinski definition) is 3. The molecule has 0 bridgehead atoms. The van der Waals surface area contributed by atoms with Crippen LogP contribution in [0.2, 0.25) is 0 Å². The summed E-state index contributed by atoms with van der Waals surface area (Å²) < 4.78 is 0. The normalized spacial score (nSPS) is 9.50. The van der Waals surface area contributed by atoms with Crippen molar-refractivity contribution in [1.29, 1.82) is 0 Å². The predicted molar refractivity (Wildman–Crippen MR) is 31.6 cm³/mol. The number of thioether (sulfide) groups is 1. The fraction of sp³-hybridized carbons (Fsp3) is 0.333. The van der Waals surface area contributed by atoms with Crippen molar-refractivity contribution in [2.24, 2.45) is 10.2 Å². The highest BCUT2D eigenvalue weighted by Crippen LogP contribution is 1.81. The molecule has 0 atom stereocenters. The van der Waals surface area contributed by atoms with Gasteiger partial charge in [-0.1, -0.05) is 0 Å². The molecule has 0 N–H and O–H groups in total. The molecule has 6 heavy (non-hydrogen) atoms. The van der Waals surface area contributed by atoms with E-state index < -0.39 is 0 Å². The lowest BCUT2D eigenvalue weighted by atomic mass is 11.6. The smallest absolute Gasteiger partial charge is 0.0822 e. The summed E-state index contributed by atoms with van der Waals surface area (Å²) in [6.45, 7) is 3.14. The number of hydrogen-bond donors (Lipinski definition) is 0. The van der Waals surface area contributed by atoms with E-state index in [1.165, 1.54) is 11.8 Å². The van der Waals surface area contributed by atoms with Crippen molar-refractivity contribution >= 4 is 24.0 Å². The zero-order chi connectivity index (χ0) is 4.83. The van der Waals surface area contributed by atoms with Crippen LogP contribution in [0.5, 0.6) is 0 Å². The first-order chi connectivity index (χ1) is 2.91. The van der Waals surface area contributed by atoms with E-state index in [1.807, 2.05) is 6.26 Å². The number of nitrogens with zero attached hydrogens (tertiary/aromatic N) is 2. The summed E-state index contributed by atoms with van der Waals surface area (Å²) in [6, 6.07) is 0. The molecule has 0 fully saturated rings. The lowest BCUT2D eigenvalue weighted by Gasteiger charge is -1.68. The third-order valence-corrected chi connectivity index (χ3v) is 0.539. The van der Waals surface area contributed by atoms with Gasteiger partial charge in [0.1, 0.15) is 0 Å². The van der Waals surface area contributed by atoms with Gasteiger partial charge in [0.15, 0.2) is 0 Å². The molecule has 34 valence electrons. The van der Waals surface area contributed by atoms with Gasteiger partial charge in [-0.15, -0.1) is 11.8 Å². The monoisotopic (exact) mass is 102 g/mol. The molecule has 0 spiro atoms. The van der Waals surface area contributed by atoms with Gasteiger partial charge in [0.2, 0.25) is 0 Å². The minimum atomic E-state index is 1.50. The third kappa shape index (κ3) is 3.69. The number of rotatable bonds is 2. The van der Waals surface area contributed by atoms with E-state index in [4.69, 9.17) is 0 Å². The van der Waals surface area contributed by atoms with Crippen LogP contribution in [0.15, 0.2) is 10.2 Å². The Morgan fingerprint density at radius 3 is 2.67 bits per heavy atom. The van der Waals surface area contributed by atoms with Gasteiger partial charge >= 0.3 is 0 Å². The van der Waals surface area contributed by atoms with Crippen LogP contribution in [-0.2, 0) is 0 Å². The van der Waals surface area contributed by atoms with E-state index in [2.05, 4.69) is 16.9 Å². The van der Waals surface area contributed by atoms with Gasteiger partial charge < -0.3 is 0 Å². The molecule has 0 rings (SSSR count). The zero-order valence-corrected chi connectivity index (χ0v) is 4.40. The molecule has 0 saturated carbocycles. The van der Waals surface area contributed by atoms with Crippen LogP contribution in [0, 0.1) is 0 Å². The standard InChI is InChI=1S/C3H6N2S/c1-4-5-3-6-2/h3H,1H2,2H3/b5-3-. The van der Waals surface area contributed by atoms with Crippen LogP contribution < -0.4 is 0 Å². The molecule has 0 saturated heterocycles. The van der Waals surface area contributed by atoms with Crippen LogP contribution in [0.3, 0.4) is 0 Å². The van der Waals surface area contributed by atoms with Gasteiger partial charge in [0, 0.05) is 6.72 Å². The molecule has 0 aromatic heterocycles. The van der Waals surface area contributed by atoms with E-state index in [0.29, 0.717) is 0 Å². The molecule has 0 aliphatic carbocycles. The Morgan fingerprint density at radius 1 is 1.83 bits per heavy atom. The van der Waals surface area contributed by atoms with Gasteiger partial charge in [-0.3, -0.25) is 0 Å². The largest absolute Gasteiger partial charge is 0.167 e. The van der Waals surface area contributed by atoms with Crippen molar-refractivity contribution in [3.8, 4) is 0 Å². The summed E-state index contributed by atoms with van der Waals surface area (Å²) in [5.74, 6) is 0. The van der Waals surface area contributed by atoms with Crippen molar-refractivity contribution in [1.82, 2.24) is 0 Å². The van der Waals surface area contributed by atoms with Crippen molar-refractivity contribution in [2.45, 2.75) is 0 Å². The molecule has 0 aliphatic rings. The van der Waals surface area contributed by atoms with Crippen molar-refractivity contribution in [3.63, 3.8) is 0 Å². The fourth-order valence-corrected chi connectivity index (χ4v) is 0.241. The molecule has 0 aliphatic heterocycles. The van der Waals surface area contributed by atoms with Gasteiger partial charge in [-0.2, -0.15) is 10.2 Å². The zero-order valence-electron chi connectivity index (χ0n) is 3.59. The first-order valence-electron chi connectivity index (χ1n) is 1.42. The molecule has 0 heterocycles. The van der Waals surface area contributed by atoms with Crippen LogP contribution in [0.4, 0.5) is 0 Å². The molecular weight excluding hydrogens is 96.1 g/mol. The summed E-state index contributed by atoms with van der Waals surface area (Å²) >= 11 is 1.50. The first kappa shape index (κ1) is 5.69. The summed E-state index contributed by atoms with van der Waals surface area (Å²) in [7, 11) is 0. The van der Waals surface area contributed by atoms with Crippen molar-refractivity contribution in [2.75, 3.05) is 6.26 Å². The molecule has 0 radical (unpaired) electrons. The van der Waals surface area contributed by atoms with E-state index in [9.17, 15) is 0 Å². The highest BCUT2D eigenvalue weighted by molar-refractivity contribution is 8.11. The van der Waals surface area contributed by atoms with Gasteiger partial charge in [0.05, 0.1) is 5.55 Å². The van der Waals surface area contributed by atoms with Crippen molar-refractivity contribution < 1.29 is 0 Å². The first-order valence-corrected chi connectivity index (χ1v) is 2.71. The molecular formula is C3H6N2S. The molecule has 2 nitrogen and oxygen atoms in total. The Hall–Kier alpha value is -0.310. The Balaban J connectivity index is 2.94. The Morgan fingerprint density at radius 2 is 2.50 bits per heavy atom. The molecule has 0 unspecified atom stereocenters. The average Bonchev–Trinajstić information content (AvgIpc) is 1.61. The van der Waals surface area contributed by atoms with E-state index in [-0.39, 0.29) is 0 Å². The topological polar surface area (TPSA) is 24.7 Å². The maximum Gasteiger partial charge on any atom is 0.0822 e. The SMILES string of the molecule is C=N/N=C\SC. The van der Waals surface area contributed by atoms with Crippen molar-refractivity contribution in [3.05, 3.63) is 0 Å². The van der Waals surface area contributed by atoms with Crippen LogP contribution >= 0.6 is 11.8 Å². The highest BCUT2D eigenvalue weighted by Gasteiger charge is 1.56. The van der Waals surface area contributed by atoms with Gasteiger partial charge in [-0.25, -0.2) is 0 Å². The van der Waals surface area contributed by atoms with Crippen LogP contribution in [-0.4, -0.2) is 18.5 Å². The maximum absolute atomic E-state index is 3.44. The summed E-state index contributed by atoms with van der Waals surface area (Å²) in [6.07, 6.45) is 1.91. The van der Waals surface area contributed by atoms with Gasteiger partial charge in [0.25, 0.3) is 0 Å². The summed E-state index contributed by atoms with van der Waals surface area (Å²) in [5, 5.41) is 6.67. The van der Waals surface area contributed by atoms with Crippen LogP contribution in [0.1, 0.15) is 0 Å². The quantitative estimate of drug-likeness (QED) is 0.290. The summed E-state index contributed by atoms with van der Waals surface area (Å²) in [4.78, 5) is 0. The van der Waals surface area contributed by atoms with E-state index in [1.54, 1.807) is 5.55 Å². The minimum absolute atomic E-state index is 1.50. The molecule has 3 heteroatoms. The lowest BCUT2D eigenvalue weighted by molar-refractivity contribution is 1.29. The third-order valence-electron chi connectivity index (χ3n) is 0.234. The Labute approximate surface area is 41.4 Å². The maximum atomic E-state index is 3.44. The van der Waals surface area contributed by atoms with Gasteiger partial charge in [-0.05, 0) is 6.26 Å². The minimum Gasteiger partial charge on any atom is -0.167 e. The Kier molecular flexibility index (Phi) is 4.45. The molecule has 0 amide bonds. The average molecular weight is 102 g/mol. The second-order valence-corrected chi connectivity index (χ2v) is 1.28. The summed E-state index contributed by atoms with van der Waals surface area (Å²) in [5.41, 5.74) is 1.62. The van der Waals surface area contributed by atoms with E-state index >= 15 is 0 Å². The fourth-order valence-electron chi connectivity index (χ4n) is 0.0805. The second-order valence-electron chi connectivity index (χ2n) is 0.598.